The van der Waals surface area contributed by atoms with Crippen LogP contribution < -0.4 is 0 Å². The van der Waals surface area contributed by atoms with Crippen LogP contribution in [0.4, 0.5) is 0 Å². The lowest BCUT2D eigenvalue weighted by molar-refractivity contribution is 0.186. The van der Waals surface area contributed by atoms with Gasteiger partial charge in [0.05, 0.1) is 6.61 Å². The third kappa shape index (κ3) is 10.3. The zero-order valence-electron chi connectivity index (χ0n) is 13.2. The van der Waals surface area contributed by atoms with E-state index >= 15 is 0 Å². The highest BCUT2D eigenvalue weighted by Gasteiger charge is 2.29. The van der Waals surface area contributed by atoms with Gasteiger partial charge in [0.15, 0.2) is 0 Å². The van der Waals surface area contributed by atoms with Crippen molar-refractivity contribution in [2.75, 3.05) is 6.61 Å². The molecule has 1 heterocycles. The molecule has 0 aromatic heterocycles. The fourth-order valence-electron chi connectivity index (χ4n) is 2.39. The minimum atomic E-state index is -0.553. The van der Waals surface area contributed by atoms with E-state index in [1.807, 2.05) is 0 Å². The summed E-state index contributed by atoms with van der Waals surface area (Å²) in [6, 6.07) is 0. The van der Waals surface area contributed by atoms with Gasteiger partial charge in [-0.05, 0) is 6.42 Å². The van der Waals surface area contributed by atoms with E-state index in [2.05, 4.69) is 18.8 Å². The lowest BCUT2D eigenvalue weighted by Gasteiger charge is -2.01. The number of rotatable bonds is 12. The molecular weight excluding hydrogens is 248 g/mol. The second-order valence-electron chi connectivity index (χ2n) is 5.92. The number of hydrogen-bond donors (Lipinski definition) is 1. The topological polar surface area (TPSA) is 32.8 Å². The van der Waals surface area contributed by atoms with Gasteiger partial charge in [0.2, 0.25) is 0 Å². The van der Waals surface area contributed by atoms with Crippen LogP contribution >= 0.6 is 0 Å². The Morgan fingerprint density at radius 2 is 1.45 bits per heavy atom. The van der Waals surface area contributed by atoms with Gasteiger partial charge in [-0.15, -0.1) is 5.92 Å². The number of aliphatic hydroxyl groups excluding tert-OH is 1. The molecule has 116 valence electrons. The number of aliphatic hydroxyl groups is 1. The Morgan fingerprint density at radius 3 is 1.95 bits per heavy atom. The van der Waals surface area contributed by atoms with E-state index in [0.717, 1.165) is 6.42 Å². The van der Waals surface area contributed by atoms with Crippen LogP contribution in [0.25, 0.3) is 0 Å². The Morgan fingerprint density at radius 1 is 0.950 bits per heavy atom. The molecule has 1 rings (SSSR count). The van der Waals surface area contributed by atoms with Crippen molar-refractivity contribution in [2.24, 2.45) is 0 Å². The molecule has 0 amide bonds. The molecule has 2 atom stereocenters. The number of unbranched alkanes of at least 4 members (excludes halogenated alkanes) is 11. The summed E-state index contributed by atoms with van der Waals surface area (Å²) < 4.78 is 4.98. The average Bonchev–Trinajstić information content (AvgIpc) is 3.28. The average molecular weight is 280 g/mol. The third-order valence-corrected chi connectivity index (χ3v) is 3.87. The van der Waals surface area contributed by atoms with E-state index in [1.165, 1.54) is 70.6 Å². The normalized spacial score (nSPS) is 18.4. The fraction of sp³-hybridized carbons (Fsp3) is 0.889. The van der Waals surface area contributed by atoms with Crippen LogP contribution in [0.3, 0.4) is 0 Å². The summed E-state index contributed by atoms with van der Waals surface area (Å²) in [5, 5.41) is 9.47. The van der Waals surface area contributed by atoms with E-state index in [4.69, 9.17) is 4.74 Å². The van der Waals surface area contributed by atoms with Gasteiger partial charge in [0, 0.05) is 6.42 Å². The second-order valence-corrected chi connectivity index (χ2v) is 5.92. The number of epoxide rings is 1. The number of hydrogen-bond acceptors (Lipinski definition) is 2. The SMILES string of the molecule is CCCCCCCCCCCCCC#C[C@@H](O)[C@@H]1CO1. The molecule has 1 aliphatic rings. The first kappa shape index (κ1) is 17.5. The molecule has 1 N–H and O–H groups in total. The summed E-state index contributed by atoms with van der Waals surface area (Å²) in [6.07, 6.45) is 15.4. The zero-order chi connectivity index (χ0) is 14.5. The largest absolute Gasteiger partial charge is 0.378 e. The Labute approximate surface area is 125 Å². The van der Waals surface area contributed by atoms with Crippen molar-refractivity contribution in [3.05, 3.63) is 0 Å². The maximum atomic E-state index is 9.47. The van der Waals surface area contributed by atoms with Crippen molar-refractivity contribution in [3.8, 4) is 11.8 Å². The van der Waals surface area contributed by atoms with Crippen LogP contribution in [0, 0.1) is 11.8 Å². The molecule has 0 bridgehead atoms. The smallest absolute Gasteiger partial charge is 0.143 e. The van der Waals surface area contributed by atoms with Crippen molar-refractivity contribution in [1.82, 2.24) is 0 Å². The molecule has 0 aromatic carbocycles. The van der Waals surface area contributed by atoms with Crippen molar-refractivity contribution in [3.63, 3.8) is 0 Å². The van der Waals surface area contributed by atoms with E-state index in [-0.39, 0.29) is 6.10 Å². The molecule has 0 unspecified atom stereocenters. The van der Waals surface area contributed by atoms with E-state index in [9.17, 15) is 5.11 Å². The van der Waals surface area contributed by atoms with Crippen LogP contribution in [-0.2, 0) is 4.74 Å². The standard InChI is InChI=1S/C18H32O2/c1-2-3-4-5-6-7-8-9-10-11-12-13-14-15-17(19)18-16-20-18/h17-19H,2-13,16H2,1H3/t17-,18+/m1/s1. The molecule has 0 radical (unpaired) electrons. The molecule has 1 saturated heterocycles. The summed E-state index contributed by atoms with van der Waals surface area (Å²) in [7, 11) is 0. The summed E-state index contributed by atoms with van der Waals surface area (Å²) in [6.45, 7) is 2.94. The fourth-order valence-corrected chi connectivity index (χ4v) is 2.39. The van der Waals surface area contributed by atoms with Crippen molar-refractivity contribution in [1.29, 1.82) is 0 Å². The molecule has 0 aromatic rings. The van der Waals surface area contributed by atoms with Crippen molar-refractivity contribution in [2.45, 2.75) is 96.2 Å². The summed E-state index contributed by atoms with van der Waals surface area (Å²) in [5.74, 6) is 5.92. The summed E-state index contributed by atoms with van der Waals surface area (Å²) >= 11 is 0. The summed E-state index contributed by atoms with van der Waals surface area (Å²) in [5.41, 5.74) is 0. The zero-order valence-corrected chi connectivity index (χ0v) is 13.2. The Kier molecular flexibility index (Phi) is 10.7. The first-order chi connectivity index (χ1) is 9.84. The van der Waals surface area contributed by atoms with Gasteiger partial charge in [0.1, 0.15) is 12.2 Å². The molecule has 2 heteroatoms. The Balaban J connectivity index is 1.74. The summed E-state index contributed by atoms with van der Waals surface area (Å²) in [4.78, 5) is 0. The van der Waals surface area contributed by atoms with Gasteiger partial charge in [-0.1, -0.05) is 77.1 Å². The minimum absolute atomic E-state index is 0.000161. The maximum absolute atomic E-state index is 9.47. The Hall–Kier alpha value is -0.520. The van der Waals surface area contributed by atoms with Crippen molar-refractivity contribution < 1.29 is 9.84 Å². The van der Waals surface area contributed by atoms with Gasteiger partial charge >= 0.3 is 0 Å². The highest BCUT2D eigenvalue weighted by atomic mass is 16.6. The predicted octanol–water partition coefficient (Wildman–Crippen LogP) is 4.45. The monoisotopic (exact) mass is 280 g/mol. The lowest BCUT2D eigenvalue weighted by atomic mass is 10.1. The molecule has 0 saturated carbocycles. The molecule has 0 spiro atoms. The third-order valence-electron chi connectivity index (χ3n) is 3.87. The van der Waals surface area contributed by atoms with Crippen molar-refractivity contribution >= 4 is 0 Å². The maximum Gasteiger partial charge on any atom is 0.143 e. The van der Waals surface area contributed by atoms with Crippen LogP contribution in [-0.4, -0.2) is 23.9 Å². The first-order valence-corrected chi connectivity index (χ1v) is 8.62. The van der Waals surface area contributed by atoms with Crippen LogP contribution in [0.5, 0.6) is 0 Å². The highest BCUT2D eigenvalue weighted by Crippen LogP contribution is 2.13. The van der Waals surface area contributed by atoms with E-state index in [0.29, 0.717) is 6.61 Å². The van der Waals surface area contributed by atoms with Gasteiger partial charge < -0.3 is 9.84 Å². The van der Waals surface area contributed by atoms with Gasteiger partial charge in [-0.25, -0.2) is 0 Å². The highest BCUT2D eigenvalue weighted by molar-refractivity contribution is 5.09. The Bertz CT molecular complexity index is 273. The molecule has 1 aliphatic heterocycles. The quantitative estimate of drug-likeness (QED) is 0.325. The van der Waals surface area contributed by atoms with E-state index < -0.39 is 6.10 Å². The van der Waals surface area contributed by atoms with E-state index in [1.54, 1.807) is 0 Å². The van der Waals surface area contributed by atoms with Gasteiger partial charge in [-0.3, -0.25) is 0 Å². The van der Waals surface area contributed by atoms with Gasteiger partial charge in [0.25, 0.3) is 0 Å². The number of ether oxygens (including phenoxy) is 1. The second kappa shape index (κ2) is 12.2. The molecule has 1 fully saturated rings. The molecular formula is C18H32O2. The van der Waals surface area contributed by atoms with Crippen LogP contribution in [0.1, 0.15) is 84.0 Å². The molecule has 2 nitrogen and oxygen atoms in total. The molecule has 0 aliphatic carbocycles. The van der Waals surface area contributed by atoms with Gasteiger partial charge in [-0.2, -0.15) is 0 Å². The molecule has 20 heavy (non-hydrogen) atoms. The van der Waals surface area contributed by atoms with Crippen LogP contribution in [0.2, 0.25) is 0 Å². The predicted molar refractivity (Wildman–Crippen MR) is 84.6 cm³/mol. The lowest BCUT2D eigenvalue weighted by Crippen LogP contribution is -2.10. The van der Waals surface area contributed by atoms with Crippen LogP contribution in [0.15, 0.2) is 0 Å². The first-order valence-electron chi connectivity index (χ1n) is 8.62. The minimum Gasteiger partial charge on any atom is -0.378 e.